The Balaban J connectivity index is 2.08. The van der Waals surface area contributed by atoms with Gasteiger partial charge >= 0.3 is 5.97 Å². The van der Waals surface area contributed by atoms with Crippen molar-refractivity contribution in [3.8, 4) is 11.5 Å². The van der Waals surface area contributed by atoms with Crippen LogP contribution >= 0.6 is 0 Å². The number of carbonyl (C=O) groups is 1. The average Bonchev–Trinajstić information content (AvgIpc) is 2.62. The van der Waals surface area contributed by atoms with E-state index in [1.807, 2.05) is 18.2 Å². The summed E-state index contributed by atoms with van der Waals surface area (Å²) < 4.78 is 9.91. The number of esters is 1. The van der Waals surface area contributed by atoms with Crippen molar-refractivity contribution in [3.05, 3.63) is 59.2 Å². The third-order valence-electron chi connectivity index (χ3n) is 4.12. The van der Waals surface area contributed by atoms with Gasteiger partial charge in [0.25, 0.3) is 0 Å². The van der Waals surface area contributed by atoms with Gasteiger partial charge in [-0.15, -0.1) is 0 Å². The molecule has 0 aliphatic heterocycles. The molecule has 0 radical (unpaired) electrons. The van der Waals surface area contributed by atoms with Gasteiger partial charge in [-0.25, -0.2) is 0 Å². The van der Waals surface area contributed by atoms with E-state index in [0.717, 1.165) is 24.2 Å². The van der Waals surface area contributed by atoms with E-state index >= 15 is 0 Å². The molecule has 0 aliphatic carbocycles. The second kappa shape index (κ2) is 9.08. The summed E-state index contributed by atoms with van der Waals surface area (Å²) in [5, 5.41) is 10.1. The molecule has 134 valence electrons. The zero-order valence-electron chi connectivity index (χ0n) is 15.0. The lowest BCUT2D eigenvalue weighted by Gasteiger charge is -2.18. The maximum atomic E-state index is 11.7. The van der Waals surface area contributed by atoms with Crippen LogP contribution in [0, 0.1) is 0 Å². The number of phenolic OH excluding ortho intramolecular Hbond substituents is 1. The molecule has 1 N–H and O–H groups in total. The molecule has 0 heterocycles. The molecule has 0 unspecified atom stereocenters. The van der Waals surface area contributed by atoms with Gasteiger partial charge < -0.3 is 19.5 Å². The smallest absolute Gasteiger partial charge is 0.309 e. The summed E-state index contributed by atoms with van der Waals surface area (Å²) in [6.07, 6.45) is 0.873. The lowest BCUT2D eigenvalue weighted by molar-refractivity contribution is -0.139. The lowest BCUT2D eigenvalue weighted by atomic mass is 10.0. The fourth-order valence-corrected chi connectivity index (χ4v) is 2.73. The van der Waals surface area contributed by atoms with Gasteiger partial charge in [0.2, 0.25) is 0 Å². The molecule has 5 nitrogen and oxygen atoms in total. The van der Waals surface area contributed by atoms with Crippen LogP contribution in [0.4, 0.5) is 0 Å². The second-order valence-corrected chi connectivity index (χ2v) is 6.02. The highest BCUT2D eigenvalue weighted by Gasteiger charge is 2.14. The number of hydrogen-bond donors (Lipinski definition) is 1. The Labute approximate surface area is 148 Å². The highest BCUT2D eigenvalue weighted by molar-refractivity contribution is 5.73. The third kappa shape index (κ3) is 5.50. The first-order valence-electron chi connectivity index (χ1n) is 8.21. The highest BCUT2D eigenvalue weighted by Crippen LogP contribution is 2.30. The van der Waals surface area contributed by atoms with E-state index in [0.29, 0.717) is 12.2 Å². The Kier molecular flexibility index (Phi) is 6.83. The van der Waals surface area contributed by atoms with Gasteiger partial charge in [0.05, 0.1) is 20.6 Å². The number of phenols is 1. The van der Waals surface area contributed by atoms with Crippen LogP contribution in [0.2, 0.25) is 0 Å². The van der Waals surface area contributed by atoms with Crippen LogP contribution in [-0.2, 0) is 28.9 Å². The van der Waals surface area contributed by atoms with Gasteiger partial charge in [0.1, 0.15) is 0 Å². The fraction of sp³-hybridized carbons (Fsp3) is 0.350. The number of methoxy groups -OCH3 is 2. The molecule has 2 aromatic rings. The number of benzene rings is 2. The summed E-state index contributed by atoms with van der Waals surface area (Å²) in [5.41, 5.74) is 2.98. The van der Waals surface area contributed by atoms with Crippen molar-refractivity contribution >= 4 is 5.97 Å². The van der Waals surface area contributed by atoms with Crippen LogP contribution in [0.25, 0.3) is 0 Å². The molecule has 0 fully saturated rings. The molecule has 0 aromatic heterocycles. The van der Waals surface area contributed by atoms with E-state index in [-0.39, 0.29) is 18.1 Å². The molecule has 0 atom stereocenters. The minimum atomic E-state index is -0.313. The number of likely N-dealkylation sites (N-methyl/N-ethyl adjacent to an activating group) is 1. The van der Waals surface area contributed by atoms with Gasteiger partial charge in [0, 0.05) is 13.1 Å². The monoisotopic (exact) mass is 343 g/mol. The van der Waals surface area contributed by atoms with Gasteiger partial charge in [-0.2, -0.15) is 0 Å². The van der Waals surface area contributed by atoms with Gasteiger partial charge in [-0.05, 0) is 42.3 Å². The molecule has 5 heteroatoms. The minimum Gasteiger partial charge on any atom is -0.504 e. The SMILES string of the molecule is COC(=O)Cc1cc(OC)c(O)cc1CCN(C)Cc1ccccc1. The number of carbonyl (C=O) groups excluding carboxylic acids is 1. The van der Waals surface area contributed by atoms with Crippen molar-refractivity contribution in [2.75, 3.05) is 27.8 Å². The largest absolute Gasteiger partial charge is 0.504 e. The normalized spacial score (nSPS) is 10.7. The van der Waals surface area contributed by atoms with E-state index in [4.69, 9.17) is 9.47 Å². The van der Waals surface area contributed by atoms with Crippen LogP contribution in [0.3, 0.4) is 0 Å². The highest BCUT2D eigenvalue weighted by atomic mass is 16.5. The second-order valence-electron chi connectivity index (χ2n) is 6.02. The number of nitrogens with zero attached hydrogens (tertiary/aromatic N) is 1. The molecule has 25 heavy (non-hydrogen) atoms. The van der Waals surface area contributed by atoms with Crippen molar-refractivity contribution in [2.45, 2.75) is 19.4 Å². The Hall–Kier alpha value is -2.53. The molecule has 2 rings (SSSR count). The maximum absolute atomic E-state index is 11.7. The predicted octanol–water partition coefficient (Wildman–Crippen LogP) is 2.79. The number of aromatic hydroxyl groups is 1. The van der Waals surface area contributed by atoms with Crippen LogP contribution in [0.15, 0.2) is 42.5 Å². The molecule has 0 saturated heterocycles. The minimum absolute atomic E-state index is 0.0804. The molecule has 0 saturated carbocycles. The van der Waals surface area contributed by atoms with E-state index in [9.17, 15) is 9.90 Å². The predicted molar refractivity (Wildman–Crippen MR) is 96.9 cm³/mol. The Morgan fingerprint density at radius 1 is 1.12 bits per heavy atom. The number of hydrogen-bond acceptors (Lipinski definition) is 5. The van der Waals surface area contributed by atoms with E-state index in [1.165, 1.54) is 19.8 Å². The maximum Gasteiger partial charge on any atom is 0.309 e. The summed E-state index contributed by atoms with van der Waals surface area (Å²) >= 11 is 0. The Bertz CT molecular complexity index is 700. The van der Waals surface area contributed by atoms with Crippen molar-refractivity contribution in [2.24, 2.45) is 0 Å². The summed E-state index contributed by atoms with van der Waals surface area (Å²) in [6.45, 7) is 1.64. The van der Waals surface area contributed by atoms with Gasteiger partial charge in [-0.1, -0.05) is 30.3 Å². The summed E-state index contributed by atoms with van der Waals surface area (Å²) in [6, 6.07) is 13.6. The molecular weight excluding hydrogens is 318 g/mol. The van der Waals surface area contributed by atoms with Crippen LogP contribution in [0.1, 0.15) is 16.7 Å². The van der Waals surface area contributed by atoms with Crippen molar-refractivity contribution in [1.29, 1.82) is 0 Å². The van der Waals surface area contributed by atoms with Gasteiger partial charge in [0.15, 0.2) is 11.5 Å². The molecule has 0 bridgehead atoms. The molecule has 0 aliphatic rings. The van der Waals surface area contributed by atoms with E-state index in [1.54, 1.807) is 12.1 Å². The zero-order valence-corrected chi connectivity index (χ0v) is 15.0. The molecular formula is C20H25NO4. The first-order valence-corrected chi connectivity index (χ1v) is 8.21. The number of rotatable bonds is 8. The van der Waals surface area contributed by atoms with Crippen molar-refractivity contribution < 1.29 is 19.4 Å². The van der Waals surface area contributed by atoms with Crippen LogP contribution in [0.5, 0.6) is 11.5 Å². The summed E-state index contributed by atoms with van der Waals surface area (Å²) in [7, 11) is 4.91. The average molecular weight is 343 g/mol. The number of ether oxygens (including phenoxy) is 2. The van der Waals surface area contributed by atoms with E-state index < -0.39 is 0 Å². The van der Waals surface area contributed by atoms with Crippen molar-refractivity contribution in [3.63, 3.8) is 0 Å². The third-order valence-corrected chi connectivity index (χ3v) is 4.12. The molecule has 2 aromatic carbocycles. The molecule has 0 spiro atoms. The van der Waals surface area contributed by atoms with Gasteiger partial charge in [-0.3, -0.25) is 4.79 Å². The quantitative estimate of drug-likeness (QED) is 0.747. The van der Waals surface area contributed by atoms with Crippen LogP contribution < -0.4 is 4.74 Å². The first kappa shape index (κ1) is 18.8. The summed E-state index contributed by atoms with van der Waals surface area (Å²) in [5.74, 6) is 0.128. The fourth-order valence-electron chi connectivity index (χ4n) is 2.73. The van der Waals surface area contributed by atoms with Crippen molar-refractivity contribution in [1.82, 2.24) is 4.90 Å². The molecule has 0 amide bonds. The Morgan fingerprint density at radius 2 is 1.84 bits per heavy atom. The Morgan fingerprint density at radius 3 is 2.48 bits per heavy atom. The lowest BCUT2D eigenvalue weighted by Crippen LogP contribution is -2.21. The standard InChI is InChI=1S/C20H25NO4/c1-21(14-15-7-5-4-6-8-15)10-9-16-11-18(22)19(24-2)12-17(16)13-20(23)25-3/h4-8,11-12,22H,9-10,13-14H2,1-3H3. The van der Waals surface area contributed by atoms with Crippen LogP contribution in [-0.4, -0.2) is 43.8 Å². The zero-order chi connectivity index (χ0) is 18.2. The first-order chi connectivity index (χ1) is 12.0. The van der Waals surface area contributed by atoms with E-state index in [2.05, 4.69) is 24.1 Å². The topological polar surface area (TPSA) is 59.0 Å². The summed E-state index contributed by atoms with van der Waals surface area (Å²) in [4.78, 5) is 13.9.